The molecule has 3 rings (SSSR count). The molecule has 0 fully saturated rings. The van der Waals surface area contributed by atoms with E-state index in [1.807, 2.05) is 24.3 Å². The third-order valence-electron chi connectivity index (χ3n) is 5.47. The van der Waals surface area contributed by atoms with Gasteiger partial charge in [0, 0.05) is 5.92 Å². The molecule has 1 aromatic rings. The molecule has 0 aromatic heterocycles. The van der Waals surface area contributed by atoms with Gasteiger partial charge in [0.2, 0.25) is 0 Å². The summed E-state index contributed by atoms with van der Waals surface area (Å²) >= 11 is 0. The number of rotatable bonds is 2. The van der Waals surface area contributed by atoms with Crippen molar-refractivity contribution in [3.63, 3.8) is 0 Å². The van der Waals surface area contributed by atoms with Gasteiger partial charge in [-0.1, -0.05) is 18.2 Å². The summed E-state index contributed by atoms with van der Waals surface area (Å²) in [5, 5.41) is 29.5. The molecule has 0 saturated heterocycles. The van der Waals surface area contributed by atoms with Crippen molar-refractivity contribution in [1.29, 1.82) is 15.8 Å². The molecule has 6 nitrogen and oxygen atoms in total. The van der Waals surface area contributed by atoms with E-state index in [0.717, 1.165) is 12.8 Å². The number of carbonyl (C=O) groups is 1. The summed E-state index contributed by atoms with van der Waals surface area (Å²) in [6, 6.07) is 11.0. The number of hydrogen-bond donors (Lipinski definition) is 1. The minimum absolute atomic E-state index is 0.130. The lowest BCUT2D eigenvalue weighted by atomic mass is 9.56. The van der Waals surface area contributed by atoms with E-state index in [1.165, 1.54) is 24.3 Å². The Morgan fingerprint density at radius 1 is 1.17 bits per heavy atom. The average molecular weight is 412 g/mol. The highest BCUT2D eigenvalue weighted by molar-refractivity contribution is 5.78. The molecular formula is C21H15F3N4O2. The SMILES string of the molecule is N#CC1=C(N)C2=CCCC[C@H]2[C@@H](c2ccc(OC(=O)C(F)(F)F)cc2)C1(C#N)C#N. The van der Waals surface area contributed by atoms with Crippen molar-refractivity contribution in [2.45, 2.75) is 31.4 Å². The largest absolute Gasteiger partial charge is 0.491 e. The Morgan fingerprint density at radius 3 is 2.33 bits per heavy atom. The van der Waals surface area contributed by atoms with Crippen molar-refractivity contribution < 1.29 is 22.7 Å². The fraction of sp³-hybridized carbons (Fsp3) is 0.333. The lowest BCUT2D eigenvalue weighted by Crippen LogP contribution is -2.41. The van der Waals surface area contributed by atoms with E-state index in [2.05, 4.69) is 4.74 Å². The normalized spacial score (nSPS) is 22.6. The Kier molecular flexibility index (Phi) is 5.29. The summed E-state index contributed by atoms with van der Waals surface area (Å²) in [7, 11) is 0. The number of ether oxygens (including phenoxy) is 1. The van der Waals surface area contributed by atoms with E-state index in [1.54, 1.807) is 0 Å². The van der Waals surface area contributed by atoms with Gasteiger partial charge in [0.25, 0.3) is 0 Å². The summed E-state index contributed by atoms with van der Waals surface area (Å²) in [5.74, 6) is -3.74. The van der Waals surface area contributed by atoms with Crippen LogP contribution in [-0.4, -0.2) is 12.1 Å². The second kappa shape index (κ2) is 7.57. The molecule has 152 valence electrons. The topological polar surface area (TPSA) is 124 Å². The molecule has 0 unspecified atom stereocenters. The Bertz CT molecular complexity index is 1050. The van der Waals surface area contributed by atoms with Gasteiger partial charge in [0.15, 0.2) is 5.41 Å². The van der Waals surface area contributed by atoms with Crippen molar-refractivity contribution in [3.8, 4) is 24.0 Å². The van der Waals surface area contributed by atoms with E-state index in [0.29, 0.717) is 17.6 Å². The second-order valence-corrected chi connectivity index (χ2v) is 7.06. The molecular weight excluding hydrogens is 397 g/mol. The van der Waals surface area contributed by atoms with E-state index in [9.17, 15) is 33.8 Å². The van der Waals surface area contributed by atoms with Crippen molar-refractivity contribution in [2.75, 3.05) is 0 Å². The molecule has 0 aliphatic heterocycles. The van der Waals surface area contributed by atoms with Gasteiger partial charge in [-0.05, 0) is 48.4 Å². The summed E-state index contributed by atoms with van der Waals surface area (Å²) in [6.07, 6.45) is -1.06. The highest BCUT2D eigenvalue weighted by Gasteiger charge is 2.54. The summed E-state index contributed by atoms with van der Waals surface area (Å²) in [6.45, 7) is 0. The number of fused-ring (bicyclic) bond motifs is 1. The second-order valence-electron chi connectivity index (χ2n) is 7.06. The number of hydrogen-bond acceptors (Lipinski definition) is 6. The first-order chi connectivity index (χ1) is 14.2. The highest BCUT2D eigenvalue weighted by atomic mass is 19.4. The molecule has 2 atom stereocenters. The zero-order valence-electron chi connectivity index (χ0n) is 15.5. The Labute approximate surface area is 170 Å². The van der Waals surface area contributed by atoms with Gasteiger partial charge in [-0.25, -0.2) is 4.79 Å². The lowest BCUT2D eigenvalue weighted by Gasteiger charge is -2.43. The number of carbonyl (C=O) groups excluding carboxylic acids is 1. The predicted molar refractivity (Wildman–Crippen MR) is 96.8 cm³/mol. The van der Waals surface area contributed by atoms with E-state index in [4.69, 9.17) is 5.73 Å². The summed E-state index contributed by atoms with van der Waals surface area (Å²) in [5.41, 5.74) is 5.48. The van der Waals surface area contributed by atoms with Crippen LogP contribution in [0.4, 0.5) is 13.2 Å². The van der Waals surface area contributed by atoms with Gasteiger partial charge in [-0.3, -0.25) is 0 Å². The van der Waals surface area contributed by atoms with Crippen LogP contribution in [0.15, 0.2) is 47.2 Å². The van der Waals surface area contributed by atoms with E-state index < -0.39 is 23.5 Å². The monoisotopic (exact) mass is 412 g/mol. The van der Waals surface area contributed by atoms with Gasteiger partial charge in [-0.15, -0.1) is 0 Å². The first-order valence-corrected chi connectivity index (χ1v) is 9.01. The van der Waals surface area contributed by atoms with Gasteiger partial charge in [0.1, 0.15) is 5.75 Å². The number of nitrogens with two attached hydrogens (primary N) is 1. The first-order valence-electron chi connectivity index (χ1n) is 9.01. The van der Waals surface area contributed by atoms with Crippen molar-refractivity contribution >= 4 is 5.97 Å². The number of halogens is 3. The summed E-state index contributed by atoms with van der Waals surface area (Å²) < 4.78 is 41.5. The van der Waals surface area contributed by atoms with Crippen molar-refractivity contribution in [1.82, 2.24) is 0 Å². The van der Waals surface area contributed by atoms with Crippen molar-refractivity contribution in [3.05, 3.63) is 52.7 Å². The van der Waals surface area contributed by atoms with Crippen LogP contribution in [0.1, 0.15) is 30.7 Å². The quantitative estimate of drug-likeness (QED) is 0.583. The molecule has 2 aliphatic rings. The summed E-state index contributed by atoms with van der Waals surface area (Å²) in [4.78, 5) is 11.0. The van der Waals surface area contributed by atoms with Gasteiger partial charge < -0.3 is 10.5 Å². The number of allylic oxidation sites excluding steroid dienone is 3. The first kappa shape index (κ1) is 21.0. The predicted octanol–water partition coefficient (Wildman–Crippen LogP) is 3.75. The number of benzene rings is 1. The lowest BCUT2D eigenvalue weighted by molar-refractivity contribution is -0.189. The Hall–Kier alpha value is -3.77. The van der Waals surface area contributed by atoms with Crippen LogP contribution in [0.25, 0.3) is 0 Å². The van der Waals surface area contributed by atoms with Crippen LogP contribution < -0.4 is 10.5 Å². The van der Waals surface area contributed by atoms with Gasteiger partial charge in [0.05, 0.1) is 29.5 Å². The maximum Gasteiger partial charge on any atom is 0.491 e. The molecule has 9 heteroatoms. The molecule has 0 heterocycles. The zero-order valence-corrected chi connectivity index (χ0v) is 15.5. The Morgan fingerprint density at radius 2 is 1.80 bits per heavy atom. The molecule has 0 radical (unpaired) electrons. The molecule has 0 bridgehead atoms. The molecule has 2 aliphatic carbocycles. The molecule has 0 saturated carbocycles. The average Bonchev–Trinajstić information content (AvgIpc) is 2.73. The number of esters is 1. The highest BCUT2D eigenvalue weighted by Crippen LogP contribution is 2.56. The van der Waals surface area contributed by atoms with Crippen LogP contribution in [0.2, 0.25) is 0 Å². The van der Waals surface area contributed by atoms with Crippen LogP contribution >= 0.6 is 0 Å². The molecule has 0 spiro atoms. The minimum atomic E-state index is -5.13. The standard InChI is InChI=1S/C21H15F3N4O2/c22-21(23,24)19(29)30-13-7-5-12(6-8-13)17-14-3-1-2-4-15(14)18(28)16(9-25)20(17,10-26)11-27/h4-8,14,17H,1-3,28H2/t14-,17-/m1/s1. The fourth-order valence-electron chi connectivity index (χ4n) is 4.19. The maximum atomic E-state index is 12.4. The third-order valence-corrected chi connectivity index (χ3v) is 5.47. The fourth-order valence-corrected chi connectivity index (χ4v) is 4.19. The molecule has 30 heavy (non-hydrogen) atoms. The van der Waals surface area contributed by atoms with Crippen LogP contribution in [-0.2, 0) is 4.79 Å². The minimum Gasteiger partial charge on any atom is -0.420 e. The van der Waals surface area contributed by atoms with Crippen LogP contribution in [0.3, 0.4) is 0 Å². The smallest absolute Gasteiger partial charge is 0.420 e. The van der Waals surface area contributed by atoms with E-state index >= 15 is 0 Å². The van der Waals surface area contributed by atoms with Gasteiger partial charge in [-0.2, -0.15) is 29.0 Å². The number of alkyl halides is 3. The molecule has 1 aromatic carbocycles. The zero-order chi connectivity index (χ0) is 22.1. The number of nitrogens with zero attached hydrogens (tertiary/aromatic N) is 3. The molecule has 0 amide bonds. The maximum absolute atomic E-state index is 12.4. The van der Waals surface area contributed by atoms with Crippen LogP contribution in [0.5, 0.6) is 5.75 Å². The van der Waals surface area contributed by atoms with Gasteiger partial charge >= 0.3 is 12.1 Å². The van der Waals surface area contributed by atoms with Crippen molar-refractivity contribution in [2.24, 2.45) is 17.1 Å². The van der Waals surface area contributed by atoms with E-state index in [-0.39, 0.29) is 22.9 Å². The number of nitriles is 3. The third kappa shape index (κ3) is 3.27. The molecule has 2 N–H and O–H groups in total. The van der Waals surface area contributed by atoms with Crippen LogP contribution in [0, 0.1) is 45.3 Å². The Balaban J connectivity index is 2.09.